The molecule has 17 heteroatoms. The first-order chi connectivity index (χ1) is 32.2. The highest BCUT2D eigenvalue weighted by Crippen LogP contribution is 2.25. The highest BCUT2D eigenvalue weighted by atomic mass is 16.6. The molecule has 0 aromatic heterocycles. The second-order valence-electron chi connectivity index (χ2n) is 18.1. The Morgan fingerprint density at radius 1 is 0.706 bits per heavy atom. The molecule has 2 N–H and O–H groups in total. The van der Waals surface area contributed by atoms with Crippen LogP contribution in [-0.2, 0) is 70.1 Å². The number of rotatable bonds is 26. The minimum absolute atomic E-state index is 0.0702. The van der Waals surface area contributed by atoms with Crippen molar-refractivity contribution in [1.29, 1.82) is 0 Å². The quantitative estimate of drug-likeness (QED) is 0.0922. The molecule has 0 saturated carbocycles. The first kappa shape index (κ1) is 56.5. The Bertz CT molecular complexity index is 1980. The van der Waals surface area contributed by atoms with Crippen molar-refractivity contribution in [3.63, 3.8) is 0 Å². The third-order valence-corrected chi connectivity index (χ3v) is 12.4. The van der Waals surface area contributed by atoms with Gasteiger partial charge in [0.2, 0.25) is 0 Å². The summed E-state index contributed by atoms with van der Waals surface area (Å²) in [5, 5.41) is 12.3. The van der Waals surface area contributed by atoms with Gasteiger partial charge in [0, 0.05) is 33.5 Å². The monoisotopic (exact) mass is 951 g/mol. The third kappa shape index (κ3) is 16.4. The zero-order valence-corrected chi connectivity index (χ0v) is 41.5. The lowest BCUT2D eigenvalue weighted by Crippen LogP contribution is -2.55. The molecule has 0 spiro atoms. The van der Waals surface area contributed by atoms with Crippen LogP contribution >= 0.6 is 0 Å². The van der Waals surface area contributed by atoms with Crippen molar-refractivity contribution < 1.29 is 62.4 Å². The second-order valence-corrected chi connectivity index (χ2v) is 18.1. The number of esters is 4. The molecule has 17 nitrogen and oxygen atoms in total. The largest absolute Gasteiger partial charge is 0.479 e. The second kappa shape index (κ2) is 27.8. The Morgan fingerprint density at radius 3 is 1.78 bits per heavy atom. The normalized spacial score (nSPS) is 17.2. The molecule has 2 aromatic carbocycles. The SMILES string of the molecule is CCCC[C@@H](C(=O)O[C@H](Cc1ccccc1)C(=O)N(C)[C@@H](CC(C)C)C(=O)O[C@H](Cc1ccccc1)C(=O)N1CCCC[C@H]1C(=O)O[C@H](C)C(=O)O)N(C)C(=O)[C@@H](C)OC(=O)[C@@H](NC)[C@@H](C)CC. The maximum absolute atomic E-state index is 14.8. The number of ether oxygens (including phenoxy) is 4. The highest BCUT2D eigenvalue weighted by molar-refractivity contribution is 5.93. The lowest BCUT2D eigenvalue weighted by molar-refractivity contribution is -0.176. The Hall–Kier alpha value is -5.84. The Kier molecular flexibility index (Phi) is 23.1. The molecule has 0 aliphatic carbocycles. The van der Waals surface area contributed by atoms with Crippen molar-refractivity contribution in [2.24, 2.45) is 11.8 Å². The number of carbonyl (C=O) groups is 8. The van der Waals surface area contributed by atoms with Crippen molar-refractivity contribution in [3.05, 3.63) is 71.8 Å². The molecule has 9 atom stereocenters. The fraction of sp³-hybridized carbons (Fsp3) is 0.608. The molecule has 376 valence electrons. The summed E-state index contributed by atoms with van der Waals surface area (Å²) in [5.41, 5.74) is 1.29. The number of piperidine rings is 1. The van der Waals surface area contributed by atoms with Gasteiger partial charge in [0.1, 0.15) is 24.2 Å². The molecular formula is C51H74N4O13. The van der Waals surface area contributed by atoms with Crippen molar-refractivity contribution in [2.75, 3.05) is 27.7 Å². The van der Waals surface area contributed by atoms with E-state index in [1.54, 1.807) is 67.7 Å². The van der Waals surface area contributed by atoms with Gasteiger partial charge in [-0.25, -0.2) is 19.2 Å². The van der Waals surface area contributed by atoms with Crippen LogP contribution in [0.25, 0.3) is 0 Å². The van der Waals surface area contributed by atoms with Crippen LogP contribution in [0, 0.1) is 11.8 Å². The number of carbonyl (C=O) groups excluding carboxylic acids is 7. The summed E-state index contributed by atoms with van der Waals surface area (Å²) >= 11 is 0. The molecule has 1 heterocycles. The lowest BCUT2D eigenvalue weighted by Gasteiger charge is -2.37. The number of carboxylic acid groups (broad SMARTS) is 1. The van der Waals surface area contributed by atoms with Gasteiger partial charge >= 0.3 is 29.8 Å². The minimum atomic E-state index is -1.48. The van der Waals surface area contributed by atoms with Crippen LogP contribution in [0.4, 0.5) is 0 Å². The van der Waals surface area contributed by atoms with E-state index in [1.165, 1.54) is 37.7 Å². The number of carboxylic acids is 1. The number of hydrogen-bond donors (Lipinski definition) is 2. The van der Waals surface area contributed by atoms with E-state index in [9.17, 15) is 43.5 Å². The van der Waals surface area contributed by atoms with E-state index in [2.05, 4.69) is 5.32 Å². The molecule has 0 unspecified atom stereocenters. The number of likely N-dealkylation sites (N-methyl/N-ethyl adjacent to an activating group) is 3. The number of nitrogens with one attached hydrogen (secondary N) is 1. The predicted molar refractivity (Wildman–Crippen MR) is 253 cm³/mol. The van der Waals surface area contributed by atoms with Gasteiger partial charge in [-0.15, -0.1) is 0 Å². The van der Waals surface area contributed by atoms with E-state index in [4.69, 9.17) is 18.9 Å². The van der Waals surface area contributed by atoms with Gasteiger partial charge in [-0.3, -0.25) is 19.2 Å². The Morgan fingerprint density at radius 2 is 1.25 bits per heavy atom. The van der Waals surface area contributed by atoms with E-state index in [0.717, 1.165) is 4.90 Å². The zero-order chi connectivity index (χ0) is 50.7. The summed E-state index contributed by atoms with van der Waals surface area (Å²) in [5.74, 6) is -6.92. The predicted octanol–water partition coefficient (Wildman–Crippen LogP) is 5.15. The van der Waals surface area contributed by atoms with Crippen molar-refractivity contribution in [1.82, 2.24) is 20.0 Å². The molecule has 1 aliphatic rings. The molecule has 3 amide bonds. The first-order valence-electron chi connectivity index (χ1n) is 23.9. The summed E-state index contributed by atoms with van der Waals surface area (Å²) in [7, 11) is 4.46. The molecule has 2 aromatic rings. The van der Waals surface area contributed by atoms with Gasteiger partial charge in [-0.2, -0.15) is 0 Å². The molecule has 0 radical (unpaired) electrons. The van der Waals surface area contributed by atoms with E-state index >= 15 is 0 Å². The summed E-state index contributed by atoms with van der Waals surface area (Å²) in [6.45, 7) is 12.2. The van der Waals surface area contributed by atoms with Gasteiger partial charge in [0.25, 0.3) is 17.7 Å². The standard InChI is InChI=1S/C51H74N4O13/c1-11-13-26-38(53(9)44(56)34(6)65-51(64)43(52-8)33(5)12-2)48(61)67-41(30-36-22-16-14-17-23-36)45(57)54(10)40(29-32(3)4)50(63)68-42(31-37-24-18-15-19-25-37)46(58)55-28-21-20-27-39(55)49(62)66-35(7)47(59)60/h14-19,22-25,32-35,38-43,52H,11-13,20-21,26-31H2,1-10H3,(H,59,60)/t33-,34+,35+,38-,39-,40-,41+,42+,43-/m0/s1. The number of aliphatic carboxylic acids is 1. The summed E-state index contributed by atoms with van der Waals surface area (Å²) in [6.07, 6.45) is -2.34. The lowest BCUT2D eigenvalue weighted by atomic mass is 9.99. The zero-order valence-electron chi connectivity index (χ0n) is 41.5. The van der Waals surface area contributed by atoms with Crippen LogP contribution in [0.3, 0.4) is 0 Å². The average Bonchev–Trinajstić information content (AvgIpc) is 3.32. The molecule has 1 saturated heterocycles. The minimum Gasteiger partial charge on any atom is -0.479 e. The molecule has 68 heavy (non-hydrogen) atoms. The van der Waals surface area contributed by atoms with Gasteiger partial charge in [-0.05, 0) is 76.0 Å². The molecular weight excluding hydrogens is 877 g/mol. The smallest absolute Gasteiger partial charge is 0.344 e. The topological polar surface area (TPSA) is 215 Å². The van der Waals surface area contributed by atoms with Crippen LogP contribution in [0.1, 0.15) is 111 Å². The molecule has 0 bridgehead atoms. The van der Waals surface area contributed by atoms with Gasteiger partial charge in [0.05, 0.1) is 0 Å². The fourth-order valence-electron chi connectivity index (χ4n) is 8.10. The van der Waals surface area contributed by atoms with Crippen molar-refractivity contribution >= 4 is 47.6 Å². The van der Waals surface area contributed by atoms with Crippen LogP contribution in [0.2, 0.25) is 0 Å². The number of benzene rings is 2. The Balaban J connectivity index is 1.98. The van der Waals surface area contributed by atoms with Crippen molar-refractivity contribution in [2.45, 2.75) is 161 Å². The van der Waals surface area contributed by atoms with Gasteiger partial charge in [0.15, 0.2) is 24.4 Å². The third-order valence-electron chi connectivity index (χ3n) is 12.4. The number of unbranched alkanes of at least 4 members (excludes halogenated alkanes) is 1. The van der Waals surface area contributed by atoms with Crippen LogP contribution in [-0.4, -0.2) is 144 Å². The van der Waals surface area contributed by atoms with E-state index in [-0.39, 0.29) is 50.5 Å². The molecule has 1 aliphatic heterocycles. The highest BCUT2D eigenvalue weighted by Gasteiger charge is 2.42. The van der Waals surface area contributed by atoms with Gasteiger partial charge < -0.3 is 44.1 Å². The van der Waals surface area contributed by atoms with Crippen molar-refractivity contribution in [3.8, 4) is 0 Å². The number of nitrogens with zero attached hydrogens (tertiary/aromatic N) is 3. The summed E-state index contributed by atoms with van der Waals surface area (Å²) in [6, 6.07) is 13.5. The van der Waals surface area contributed by atoms with E-state index < -0.39 is 96.2 Å². The van der Waals surface area contributed by atoms with E-state index in [0.29, 0.717) is 43.2 Å². The van der Waals surface area contributed by atoms with Crippen LogP contribution in [0.15, 0.2) is 60.7 Å². The number of hydrogen-bond acceptors (Lipinski definition) is 13. The molecule has 3 rings (SSSR count). The number of amides is 3. The Labute approximate surface area is 401 Å². The van der Waals surface area contributed by atoms with Gasteiger partial charge in [-0.1, -0.05) is 115 Å². The maximum Gasteiger partial charge on any atom is 0.344 e. The van der Waals surface area contributed by atoms with Crippen LogP contribution in [0.5, 0.6) is 0 Å². The molecule has 1 fully saturated rings. The van der Waals surface area contributed by atoms with Crippen LogP contribution < -0.4 is 5.32 Å². The maximum atomic E-state index is 14.8. The summed E-state index contributed by atoms with van der Waals surface area (Å²) in [4.78, 5) is 114. The average molecular weight is 951 g/mol. The van der Waals surface area contributed by atoms with E-state index in [1.807, 2.05) is 34.6 Å². The summed E-state index contributed by atoms with van der Waals surface area (Å²) < 4.78 is 23.0. The first-order valence-corrected chi connectivity index (χ1v) is 23.9. The fourth-order valence-corrected chi connectivity index (χ4v) is 8.10. The number of likely N-dealkylation sites (tertiary alicyclic amines) is 1.